The fraction of sp³-hybridized carbons (Fsp3) is 0.647. The van der Waals surface area contributed by atoms with Crippen LogP contribution < -0.4 is 5.32 Å². The Bertz CT molecular complexity index is 512. The normalized spacial score (nSPS) is 40.4. The van der Waals surface area contributed by atoms with E-state index in [-0.39, 0.29) is 11.5 Å². The van der Waals surface area contributed by atoms with Gasteiger partial charge < -0.3 is 10.4 Å². The molecule has 0 aromatic heterocycles. The van der Waals surface area contributed by atoms with Crippen molar-refractivity contribution in [2.24, 2.45) is 5.92 Å². The van der Waals surface area contributed by atoms with E-state index >= 15 is 0 Å². The van der Waals surface area contributed by atoms with Crippen molar-refractivity contribution in [3.05, 3.63) is 34.9 Å². The van der Waals surface area contributed by atoms with Crippen LogP contribution in [0.3, 0.4) is 0 Å². The molecule has 3 aliphatic rings. The van der Waals surface area contributed by atoms with Crippen molar-refractivity contribution in [1.29, 1.82) is 0 Å². The van der Waals surface area contributed by atoms with Crippen molar-refractivity contribution >= 4 is 0 Å². The number of benzene rings is 1. The van der Waals surface area contributed by atoms with Gasteiger partial charge in [-0.3, -0.25) is 0 Å². The van der Waals surface area contributed by atoms with Crippen LogP contribution in [0.1, 0.15) is 42.4 Å². The zero-order chi connectivity index (χ0) is 13.0. The number of aliphatic hydroxyl groups excluding tert-OH is 1. The number of aliphatic hydroxyl groups is 1. The van der Waals surface area contributed by atoms with Gasteiger partial charge in [0, 0.05) is 11.5 Å². The highest BCUT2D eigenvalue weighted by Gasteiger charge is 2.53. The van der Waals surface area contributed by atoms with Crippen molar-refractivity contribution in [1.82, 2.24) is 5.32 Å². The quantitative estimate of drug-likeness (QED) is 0.747. The largest absolute Gasteiger partial charge is 0.393 e. The van der Waals surface area contributed by atoms with Crippen molar-refractivity contribution < 1.29 is 5.11 Å². The van der Waals surface area contributed by atoms with Gasteiger partial charge in [-0.2, -0.15) is 0 Å². The predicted molar refractivity (Wildman–Crippen MR) is 76.3 cm³/mol. The molecule has 0 amide bonds. The summed E-state index contributed by atoms with van der Waals surface area (Å²) in [6, 6.07) is 7.43. The molecule has 1 aliphatic heterocycles. The number of rotatable bonds is 0. The van der Waals surface area contributed by atoms with E-state index in [1.807, 2.05) is 0 Å². The standard InChI is InChI=1S/C17H23NO/c1-11-3-2-4-14-13(11)9-16-15-6-5-12(19)10-17(14,15)7-8-18-16/h2-4,12,15-16,18-19H,5-10H2,1H3/t12?,15-,16+,17+/m0/s1. The molecule has 19 heavy (non-hydrogen) atoms. The summed E-state index contributed by atoms with van der Waals surface area (Å²) in [4.78, 5) is 0. The van der Waals surface area contributed by atoms with E-state index in [1.54, 1.807) is 11.1 Å². The van der Waals surface area contributed by atoms with Crippen molar-refractivity contribution in [2.45, 2.75) is 56.6 Å². The third-order valence-corrected chi connectivity index (χ3v) is 5.95. The highest BCUT2D eigenvalue weighted by Crippen LogP contribution is 2.54. The maximum absolute atomic E-state index is 10.2. The topological polar surface area (TPSA) is 32.3 Å². The van der Waals surface area contributed by atoms with Gasteiger partial charge in [-0.05, 0) is 68.2 Å². The maximum Gasteiger partial charge on any atom is 0.0549 e. The highest BCUT2D eigenvalue weighted by atomic mass is 16.3. The molecule has 4 rings (SSSR count). The van der Waals surface area contributed by atoms with Gasteiger partial charge in [0.1, 0.15) is 0 Å². The summed E-state index contributed by atoms with van der Waals surface area (Å²) in [6.45, 7) is 3.35. The lowest BCUT2D eigenvalue weighted by Gasteiger charge is -2.57. The number of fused-ring (bicyclic) bond motifs is 1. The minimum absolute atomic E-state index is 0.0959. The van der Waals surface area contributed by atoms with E-state index < -0.39 is 0 Å². The van der Waals surface area contributed by atoms with Gasteiger partial charge >= 0.3 is 0 Å². The molecule has 1 aromatic carbocycles. The summed E-state index contributed by atoms with van der Waals surface area (Å²) >= 11 is 0. The summed E-state index contributed by atoms with van der Waals surface area (Å²) in [7, 11) is 0. The van der Waals surface area contributed by atoms with Gasteiger partial charge in [-0.25, -0.2) is 0 Å². The van der Waals surface area contributed by atoms with Crippen LogP contribution in [0, 0.1) is 12.8 Å². The zero-order valence-corrected chi connectivity index (χ0v) is 11.7. The first kappa shape index (κ1) is 11.9. The fourth-order valence-corrected chi connectivity index (χ4v) is 5.14. The number of hydrogen-bond donors (Lipinski definition) is 2. The Morgan fingerprint density at radius 1 is 1.32 bits per heavy atom. The minimum Gasteiger partial charge on any atom is -0.393 e. The van der Waals surface area contributed by atoms with E-state index in [1.165, 1.54) is 24.8 Å². The minimum atomic E-state index is -0.0959. The Kier molecular flexibility index (Phi) is 2.55. The summed E-state index contributed by atoms with van der Waals surface area (Å²) in [5, 5.41) is 14.0. The van der Waals surface area contributed by atoms with Crippen LogP contribution in [0.15, 0.2) is 18.2 Å². The van der Waals surface area contributed by atoms with E-state index in [0.29, 0.717) is 6.04 Å². The van der Waals surface area contributed by atoms with E-state index in [4.69, 9.17) is 0 Å². The van der Waals surface area contributed by atoms with Crippen molar-refractivity contribution in [3.8, 4) is 0 Å². The molecule has 2 aliphatic carbocycles. The second kappa shape index (κ2) is 4.07. The SMILES string of the molecule is Cc1cccc2c1C[C@H]1NCC[C@@]23CC(O)CC[C@@H]13. The van der Waals surface area contributed by atoms with Gasteiger partial charge in [0.15, 0.2) is 0 Å². The monoisotopic (exact) mass is 257 g/mol. The van der Waals surface area contributed by atoms with Crippen LogP contribution in [0.5, 0.6) is 0 Å². The summed E-state index contributed by atoms with van der Waals surface area (Å²) < 4.78 is 0. The molecular weight excluding hydrogens is 234 g/mol. The Hall–Kier alpha value is -0.860. The molecule has 2 fully saturated rings. The number of nitrogens with one attached hydrogen (secondary N) is 1. The fourth-order valence-electron chi connectivity index (χ4n) is 5.14. The molecule has 4 atom stereocenters. The highest BCUT2D eigenvalue weighted by molar-refractivity contribution is 5.45. The van der Waals surface area contributed by atoms with Gasteiger partial charge in [0.25, 0.3) is 0 Å². The van der Waals surface area contributed by atoms with E-state index in [0.717, 1.165) is 25.3 Å². The second-order valence-electron chi connectivity index (χ2n) is 6.81. The molecule has 1 saturated heterocycles. The first-order chi connectivity index (χ1) is 9.21. The molecule has 1 unspecified atom stereocenters. The Labute approximate surface area is 115 Å². The Morgan fingerprint density at radius 3 is 3.11 bits per heavy atom. The second-order valence-corrected chi connectivity index (χ2v) is 6.81. The van der Waals surface area contributed by atoms with Crippen LogP contribution >= 0.6 is 0 Å². The molecule has 2 N–H and O–H groups in total. The van der Waals surface area contributed by atoms with Gasteiger partial charge in [0.05, 0.1) is 6.10 Å². The molecule has 2 heteroatoms. The average Bonchev–Trinajstić information content (AvgIpc) is 2.39. The molecule has 1 saturated carbocycles. The van der Waals surface area contributed by atoms with Gasteiger partial charge in [-0.15, -0.1) is 0 Å². The van der Waals surface area contributed by atoms with Crippen molar-refractivity contribution in [3.63, 3.8) is 0 Å². The molecule has 0 radical (unpaired) electrons. The Morgan fingerprint density at radius 2 is 2.21 bits per heavy atom. The molecule has 0 spiro atoms. The van der Waals surface area contributed by atoms with Crippen LogP contribution in [-0.2, 0) is 11.8 Å². The molecular formula is C17H23NO. The lowest BCUT2D eigenvalue weighted by molar-refractivity contribution is 0.00370. The molecule has 2 bridgehead atoms. The first-order valence-electron chi connectivity index (χ1n) is 7.71. The zero-order valence-electron chi connectivity index (χ0n) is 11.7. The number of aryl methyl sites for hydroxylation is 1. The third-order valence-electron chi connectivity index (χ3n) is 5.95. The number of piperidine rings is 1. The number of hydrogen-bond acceptors (Lipinski definition) is 2. The van der Waals surface area contributed by atoms with Gasteiger partial charge in [-0.1, -0.05) is 18.2 Å². The molecule has 2 nitrogen and oxygen atoms in total. The lowest BCUT2D eigenvalue weighted by Crippen LogP contribution is -2.61. The molecule has 102 valence electrons. The average molecular weight is 257 g/mol. The van der Waals surface area contributed by atoms with Crippen LogP contribution in [0.2, 0.25) is 0 Å². The van der Waals surface area contributed by atoms with Crippen molar-refractivity contribution in [2.75, 3.05) is 6.54 Å². The molecule has 1 heterocycles. The molecule has 1 aromatic rings. The summed E-state index contributed by atoms with van der Waals surface area (Å²) in [5.74, 6) is 0.735. The Balaban J connectivity index is 1.91. The summed E-state index contributed by atoms with van der Waals surface area (Å²) in [6.07, 6.45) is 5.44. The smallest absolute Gasteiger partial charge is 0.0549 e. The van der Waals surface area contributed by atoms with Crippen LogP contribution in [0.25, 0.3) is 0 Å². The van der Waals surface area contributed by atoms with Crippen LogP contribution in [0.4, 0.5) is 0 Å². The third kappa shape index (κ3) is 1.56. The predicted octanol–water partition coefficient (Wildman–Crippen LogP) is 2.31. The lowest BCUT2D eigenvalue weighted by atomic mass is 9.52. The van der Waals surface area contributed by atoms with E-state index in [2.05, 4.69) is 30.4 Å². The first-order valence-corrected chi connectivity index (χ1v) is 7.71. The maximum atomic E-state index is 10.2. The summed E-state index contributed by atoms with van der Waals surface area (Å²) in [5.41, 5.74) is 4.82. The van der Waals surface area contributed by atoms with Crippen LogP contribution in [-0.4, -0.2) is 23.8 Å². The van der Waals surface area contributed by atoms with Gasteiger partial charge in [0.2, 0.25) is 0 Å². The van der Waals surface area contributed by atoms with E-state index in [9.17, 15) is 5.11 Å².